The van der Waals surface area contributed by atoms with Gasteiger partial charge in [-0.1, -0.05) is 5.16 Å². The molecule has 4 rings (SSSR count). The van der Waals surface area contributed by atoms with Gasteiger partial charge in [0.1, 0.15) is 0 Å². The lowest BCUT2D eigenvalue weighted by atomic mass is 9.90. The first-order valence-corrected chi connectivity index (χ1v) is 10.6. The van der Waals surface area contributed by atoms with E-state index in [-0.39, 0.29) is 11.9 Å². The number of aromatic nitrogens is 2. The highest BCUT2D eigenvalue weighted by molar-refractivity contribution is 7.12. The van der Waals surface area contributed by atoms with E-state index in [9.17, 15) is 4.79 Å². The van der Waals surface area contributed by atoms with E-state index < -0.39 is 0 Å². The number of pyridine rings is 1. The molecule has 28 heavy (non-hydrogen) atoms. The molecule has 1 fully saturated rings. The maximum Gasteiger partial charge on any atom is 0.259 e. The molecular weight excluding hydrogens is 372 g/mol. The third kappa shape index (κ3) is 3.33. The maximum absolute atomic E-state index is 13.4. The summed E-state index contributed by atoms with van der Waals surface area (Å²) in [7, 11) is 0. The van der Waals surface area contributed by atoms with Crippen molar-refractivity contribution in [3.63, 3.8) is 0 Å². The minimum absolute atomic E-state index is 0.0210. The Labute approximate surface area is 168 Å². The van der Waals surface area contributed by atoms with E-state index in [4.69, 9.17) is 10.3 Å². The van der Waals surface area contributed by atoms with Crippen LogP contribution in [0.2, 0.25) is 0 Å². The number of hydrogen-bond donors (Lipinski definition) is 1. The largest absolute Gasteiger partial charge is 0.339 e. The quantitative estimate of drug-likeness (QED) is 0.719. The molecule has 3 aromatic rings. The van der Waals surface area contributed by atoms with Gasteiger partial charge in [-0.25, -0.2) is 4.98 Å². The van der Waals surface area contributed by atoms with E-state index in [1.165, 1.54) is 9.75 Å². The van der Waals surface area contributed by atoms with Crippen molar-refractivity contribution in [3.05, 3.63) is 33.1 Å². The van der Waals surface area contributed by atoms with Gasteiger partial charge in [0, 0.05) is 34.4 Å². The van der Waals surface area contributed by atoms with Gasteiger partial charge in [-0.15, -0.1) is 11.3 Å². The number of nitrogens with two attached hydrogens (primary N) is 1. The average Bonchev–Trinajstić information content (AvgIpc) is 3.22. The van der Waals surface area contributed by atoms with Crippen molar-refractivity contribution in [1.82, 2.24) is 15.0 Å². The van der Waals surface area contributed by atoms with E-state index in [1.807, 2.05) is 24.8 Å². The molecule has 1 amide bonds. The first-order valence-electron chi connectivity index (χ1n) is 9.74. The van der Waals surface area contributed by atoms with Crippen LogP contribution >= 0.6 is 11.3 Å². The summed E-state index contributed by atoms with van der Waals surface area (Å²) >= 11 is 1.73. The number of carbonyl (C=O) groups is 1. The number of hydrogen-bond acceptors (Lipinski definition) is 6. The van der Waals surface area contributed by atoms with E-state index in [0.29, 0.717) is 28.3 Å². The van der Waals surface area contributed by atoms with Gasteiger partial charge in [-0.05, 0) is 58.6 Å². The Morgan fingerprint density at radius 1 is 1.29 bits per heavy atom. The molecule has 148 valence electrons. The molecule has 2 N–H and O–H groups in total. The van der Waals surface area contributed by atoms with E-state index in [0.717, 1.165) is 37.2 Å². The molecule has 7 heteroatoms. The molecule has 4 heterocycles. The summed E-state index contributed by atoms with van der Waals surface area (Å²) < 4.78 is 5.44. The molecule has 0 saturated carbocycles. The lowest BCUT2D eigenvalue weighted by molar-refractivity contribution is 0.0683. The van der Waals surface area contributed by atoms with Crippen LogP contribution in [0.25, 0.3) is 22.4 Å². The first-order chi connectivity index (χ1) is 13.3. The molecule has 0 radical (unpaired) electrons. The molecule has 0 bridgehead atoms. The van der Waals surface area contributed by atoms with Crippen molar-refractivity contribution in [1.29, 1.82) is 0 Å². The number of aryl methyl sites for hydroxylation is 3. The lowest BCUT2D eigenvalue weighted by Crippen LogP contribution is -2.42. The minimum atomic E-state index is 0.0210. The topological polar surface area (TPSA) is 85.2 Å². The van der Waals surface area contributed by atoms with Gasteiger partial charge < -0.3 is 15.2 Å². The molecule has 1 aliphatic heterocycles. The van der Waals surface area contributed by atoms with Crippen LogP contribution in [0.4, 0.5) is 0 Å². The van der Waals surface area contributed by atoms with Gasteiger partial charge in [0.15, 0.2) is 0 Å². The number of rotatable bonds is 3. The van der Waals surface area contributed by atoms with Gasteiger partial charge in [-0.2, -0.15) is 0 Å². The predicted molar refractivity (Wildman–Crippen MR) is 112 cm³/mol. The van der Waals surface area contributed by atoms with Gasteiger partial charge in [0.05, 0.1) is 22.3 Å². The van der Waals surface area contributed by atoms with Crippen LogP contribution in [0.5, 0.6) is 0 Å². The van der Waals surface area contributed by atoms with Crippen LogP contribution in [-0.2, 0) is 0 Å². The molecular formula is C21H26N4O2S. The fourth-order valence-electron chi connectivity index (χ4n) is 4.09. The van der Waals surface area contributed by atoms with E-state index in [1.54, 1.807) is 11.3 Å². The van der Waals surface area contributed by atoms with Crippen molar-refractivity contribution in [3.8, 4) is 11.3 Å². The number of piperidine rings is 1. The Kier molecular flexibility index (Phi) is 4.97. The highest BCUT2D eigenvalue weighted by Crippen LogP contribution is 2.33. The average molecular weight is 399 g/mol. The Hall–Kier alpha value is -2.25. The Morgan fingerprint density at radius 3 is 2.61 bits per heavy atom. The fraction of sp³-hybridized carbons (Fsp3) is 0.476. The Morgan fingerprint density at radius 2 is 2.00 bits per heavy atom. The van der Waals surface area contributed by atoms with Crippen LogP contribution < -0.4 is 5.73 Å². The summed E-state index contributed by atoms with van der Waals surface area (Å²) in [5.74, 6) is 0.499. The Bertz CT molecular complexity index is 1030. The Balaban J connectivity index is 1.74. The third-order valence-electron chi connectivity index (χ3n) is 5.73. The monoisotopic (exact) mass is 398 g/mol. The zero-order valence-corrected chi connectivity index (χ0v) is 17.6. The maximum atomic E-state index is 13.4. The van der Waals surface area contributed by atoms with Crippen LogP contribution in [0.3, 0.4) is 0 Å². The zero-order chi connectivity index (χ0) is 20.0. The summed E-state index contributed by atoms with van der Waals surface area (Å²) in [6.07, 6.45) is 1.88. The molecule has 1 aliphatic rings. The summed E-state index contributed by atoms with van der Waals surface area (Å²) in [6.45, 7) is 9.51. The highest BCUT2D eigenvalue weighted by Gasteiger charge is 2.28. The second kappa shape index (κ2) is 7.29. The van der Waals surface area contributed by atoms with Crippen molar-refractivity contribution in [2.45, 2.75) is 46.6 Å². The molecule has 0 aromatic carbocycles. The number of fused-ring (bicyclic) bond motifs is 1. The van der Waals surface area contributed by atoms with Crippen LogP contribution in [0.1, 0.15) is 45.6 Å². The van der Waals surface area contributed by atoms with E-state index >= 15 is 0 Å². The predicted octanol–water partition coefficient (Wildman–Crippen LogP) is 4.08. The molecule has 1 saturated heterocycles. The van der Waals surface area contributed by atoms with Crippen LogP contribution in [0, 0.1) is 26.7 Å². The van der Waals surface area contributed by atoms with Crippen molar-refractivity contribution < 1.29 is 9.32 Å². The van der Waals surface area contributed by atoms with Gasteiger partial charge in [0.2, 0.25) is 0 Å². The van der Waals surface area contributed by atoms with E-state index in [2.05, 4.69) is 30.1 Å². The number of likely N-dealkylation sites (tertiary alicyclic amines) is 1. The van der Waals surface area contributed by atoms with Crippen molar-refractivity contribution in [2.24, 2.45) is 11.7 Å². The van der Waals surface area contributed by atoms with Crippen LogP contribution in [0.15, 0.2) is 16.7 Å². The number of nitrogens with zero attached hydrogens (tertiary/aromatic N) is 3. The van der Waals surface area contributed by atoms with Crippen LogP contribution in [-0.4, -0.2) is 40.1 Å². The summed E-state index contributed by atoms with van der Waals surface area (Å²) in [6, 6.07) is 4.18. The smallest absolute Gasteiger partial charge is 0.259 e. The SMILES string of the molecule is Cc1cc(-c2cc(C(=O)N3CCC(C(C)N)CC3)c3c(C)noc3n2)c(C)s1. The number of amides is 1. The standard InChI is InChI=1S/C21H26N4O2S/c1-11-9-16(14(4)28-11)18-10-17(19-13(3)24-27-20(19)23-18)21(26)25-7-5-15(6-8-25)12(2)22/h9-10,12,15H,5-8,22H2,1-4H3. The summed E-state index contributed by atoms with van der Waals surface area (Å²) in [4.78, 5) is 22.4. The highest BCUT2D eigenvalue weighted by atomic mass is 32.1. The van der Waals surface area contributed by atoms with Gasteiger partial charge in [-0.3, -0.25) is 4.79 Å². The molecule has 3 aromatic heterocycles. The minimum Gasteiger partial charge on any atom is -0.339 e. The lowest BCUT2D eigenvalue weighted by Gasteiger charge is -2.33. The fourth-order valence-corrected chi connectivity index (χ4v) is 5.02. The first kappa shape index (κ1) is 19.1. The summed E-state index contributed by atoms with van der Waals surface area (Å²) in [5, 5.41) is 4.77. The molecule has 1 atom stereocenters. The molecule has 0 aliphatic carbocycles. The number of thiophene rings is 1. The normalized spacial score (nSPS) is 16.7. The second-order valence-electron chi connectivity index (χ2n) is 7.82. The summed E-state index contributed by atoms with van der Waals surface area (Å²) in [5.41, 5.74) is 9.60. The zero-order valence-electron chi connectivity index (χ0n) is 16.8. The third-order valence-corrected chi connectivity index (χ3v) is 6.70. The molecule has 1 unspecified atom stereocenters. The van der Waals surface area contributed by atoms with Crippen molar-refractivity contribution in [2.75, 3.05) is 13.1 Å². The molecule has 6 nitrogen and oxygen atoms in total. The second-order valence-corrected chi connectivity index (χ2v) is 9.28. The van der Waals surface area contributed by atoms with Gasteiger partial charge in [0.25, 0.3) is 11.6 Å². The number of carbonyl (C=O) groups excluding carboxylic acids is 1. The molecule has 0 spiro atoms. The van der Waals surface area contributed by atoms with Crippen molar-refractivity contribution >= 4 is 28.3 Å². The van der Waals surface area contributed by atoms with Gasteiger partial charge >= 0.3 is 0 Å².